The standard InChI is InChI=1S/C10H11BrN2/c11-8-1-2-9(13-5-8)10-3-7(10)4-12-6-10/h1-2,5,7,12H,3-4,6H2/t7-,10-/m0/s1. The SMILES string of the molecule is Brc1ccc([C@@]23CNC[C@@H]2C3)nc1. The van der Waals surface area contributed by atoms with E-state index in [-0.39, 0.29) is 0 Å². The maximum Gasteiger partial charge on any atom is 0.0482 e. The van der Waals surface area contributed by atoms with Gasteiger partial charge in [-0.1, -0.05) is 0 Å². The summed E-state index contributed by atoms with van der Waals surface area (Å²) in [5, 5.41) is 3.42. The van der Waals surface area contributed by atoms with Crippen LogP contribution in [0.25, 0.3) is 0 Å². The summed E-state index contributed by atoms with van der Waals surface area (Å²) in [4.78, 5) is 4.49. The van der Waals surface area contributed by atoms with Gasteiger partial charge < -0.3 is 5.32 Å². The van der Waals surface area contributed by atoms with E-state index in [0.29, 0.717) is 5.41 Å². The van der Waals surface area contributed by atoms with Crippen molar-refractivity contribution in [2.45, 2.75) is 11.8 Å². The summed E-state index contributed by atoms with van der Waals surface area (Å²) < 4.78 is 1.07. The quantitative estimate of drug-likeness (QED) is 0.806. The Morgan fingerprint density at radius 1 is 1.54 bits per heavy atom. The highest BCUT2D eigenvalue weighted by Crippen LogP contribution is 2.55. The molecule has 0 unspecified atom stereocenters. The lowest BCUT2D eigenvalue weighted by molar-refractivity contribution is 0.656. The van der Waals surface area contributed by atoms with Gasteiger partial charge in [-0.15, -0.1) is 0 Å². The van der Waals surface area contributed by atoms with Gasteiger partial charge in [-0.3, -0.25) is 4.98 Å². The number of nitrogens with one attached hydrogen (secondary N) is 1. The Bertz CT molecular complexity index is 335. The number of hydrogen-bond donors (Lipinski definition) is 1. The van der Waals surface area contributed by atoms with Crippen molar-refractivity contribution in [1.29, 1.82) is 0 Å². The van der Waals surface area contributed by atoms with Crippen LogP contribution in [0.2, 0.25) is 0 Å². The third-order valence-corrected chi connectivity index (χ3v) is 3.77. The lowest BCUT2D eigenvalue weighted by Gasteiger charge is -2.10. The zero-order valence-corrected chi connectivity index (χ0v) is 8.84. The second kappa shape index (κ2) is 2.55. The van der Waals surface area contributed by atoms with Crippen molar-refractivity contribution in [3.05, 3.63) is 28.5 Å². The molecule has 2 aliphatic rings. The molecule has 13 heavy (non-hydrogen) atoms. The Balaban J connectivity index is 1.97. The van der Waals surface area contributed by atoms with Gasteiger partial charge in [0.1, 0.15) is 0 Å². The van der Waals surface area contributed by atoms with E-state index in [9.17, 15) is 0 Å². The van der Waals surface area contributed by atoms with Crippen molar-refractivity contribution in [2.24, 2.45) is 5.92 Å². The minimum atomic E-state index is 0.403. The molecule has 2 fully saturated rings. The van der Waals surface area contributed by atoms with Gasteiger partial charge in [0.05, 0.1) is 0 Å². The zero-order chi connectivity index (χ0) is 8.89. The summed E-state index contributed by atoms with van der Waals surface area (Å²) in [7, 11) is 0. The van der Waals surface area contributed by atoms with E-state index in [1.54, 1.807) is 0 Å². The predicted molar refractivity (Wildman–Crippen MR) is 54.6 cm³/mol. The number of halogens is 1. The van der Waals surface area contributed by atoms with Crippen molar-refractivity contribution in [2.75, 3.05) is 13.1 Å². The van der Waals surface area contributed by atoms with Crippen molar-refractivity contribution in [3.8, 4) is 0 Å². The molecular weight excluding hydrogens is 228 g/mol. The van der Waals surface area contributed by atoms with Crippen LogP contribution in [0.4, 0.5) is 0 Å². The molecular formula is C10H11BrN2. The van der Waals surface area contributed by atoms with E-state index in [2.05, 4.69) is 38.4 Å². The van der Waals surface area contributed by atoms with E-state index < -0.39 is 0 Å². The molecule has 0 spiro atoms. The highest BCUT2D eigenvalue weighted by Gasteiger charge is 2.58. The first-order valence-electron chi connectivity index (χ1n) is 4.64. The number of rotatable bonds is 1. The predicted octanol–water partition coefficient (Wildman–Crippen LogP) is 1.70. The zero-order valence-electron chi connectivity index (χ0n) is 7.26. The molecule has 1 saturated carbocycles. The number of fused-ring (bicyclic) bond motifs is 1. The molecule has 3 heteroatoms. The third kappa shape index (κ3) is 1.07. The van der Waals surface area contributed by atoms with Gasteiger partial charge in [0.15, 0.2) is 0 Å². The molecule has 0 bridgehead atoms. The van der Waals surface area contributed by atoms with Crippen LogP contribution >= 0.6 is 15.9 Å². The van der Waals surface area contributed by atoms with Crippen LogP contribution in [-0.2, 0) is 5.41 Å². The second-order valence-corrected chi connectivity index (χ2v) is 4.97. The van der Waals surface area contributed by atoms with E-state index in [1.165, 1.54) is 18.7 Å². The number of hydrogen-bond acceptors (Lipinski definition) is 2. The van der Waals surface area contributed by atoms with Gasteiger partial charge in [-0.05, 0) is 46.9 Å². The van der Waals surface area contributed by atoms with Crippen molar-refractivity contribution >= 4 is 15.9 Å². The van der Waals surface area contributed by atoms with Crippen LogP contribution in [0.5, 0.6) is 0 Å². The van der Waals surface area contributed by atoms with Gasteiger partial charge in [0, 0.05) is 28.3 Å². The van der Waals surface area contributed by atoms with Gasteiger partial charge in [-0.25, -0.2) is 0 Å². The fraction of sp³-hybridized carbons (Fsp3) is 0.500. The normalized spacial score (nSPS) is 35.9. The Labute approximate surface area is 85.9 Å². The summed E-state index contributed by atoms with van der Waals surface area (Å²) in [5.41, 5.74) is 1.67. The molecule has 3 rings (SSSR count). The van der Waals surface area contributed by atoms with Crippen molar-refractivity contribution in [1.82, 2.24) is 10.3 Å². The number of piperidine rings is 1. The van der Waals surface area contributed by atoms with Crippen molar-refractivity contribution in [3.63, 3.8) is 0 Å². The molecule has 2 nitrogen and oxygen atoms in total. The molecule has 0 radical (unpaired) electrons. The van der Waals surface area contributed by atoms with Crippen LogP contribution in [0.15, 0.2) is 22.8 Å². The smallest absolute Gasteiger partial charge is 0.0482 e. The molecule has 1 aromatic rings. The van der Waals surface area contributed by atoms with Crippen LogP contribution < -0.4 is 5.32 Å². The molecule has 0 amide bonds. The van der Waals surface area contributed by atoms with Gasteiger partial charge in [0.25, 0.3) is 0 Å². The highest BCUT2D eigenvalue weighted by atomic mass is 79.9. The lowest BCUT2D eigenvalue weighted by Crippen LogP contribution is -2.20. The lowest BCUT2D eigenvalue weighted by atomic mass is 10.0. The summed E-state index contributed by atoms with van der Waals surface area (Å²) in [6.07, 6.45) is 3.23. The highest BCUT2D eigenvalue weighted by molar-refractivity contribution is 9.10. The number of pyridine rings is 1. The third-order valence-electron chi connectivity index (χ3n) is 3.30. The summed E-state index contributed by atoms with van der Waals surface area (Å²) in [6, 6.07) is 4.24. The maximum absolute atomic E-state index is 4.49. The number of nitrogens with zero attached hydrogens (tertiary/aromatic N) is 1. The Hall–Kier alpha value is -0.410. The molecule has 1 saturated heterocycles. The summed E-state index contributed by atoms with van der Waals surface area (Å²) in [5.74, 6) is 0.848. The molecule has 1 aromatic heterocycles. The molecule has 0 aromatic carbocycles. The first-order chi connectivity index (χ1) is 6.31. The van der Waals surface area contributed by atoms with Crippen molar-refractivity contribution < 1.29 is 0 Å². The van der Waals surface area contributed by atoms with Crippen LogP contribution in [0.1, 0.15) is 12.1 Å². The first-order valence-corrected chi connectivity index (χ1v) is 5.43. The van der Waals surface area contributed by atoms with Gasteiger partial charge >= 0.3 is 0 Å². The van der Waals surface area contributed by atoms with E-state index in [0.717, 1.165) is 16.9 Å². The van der Waals surface area contributed by atoms with Crippen LogP contribution in [-0.4, -0.2) is 18.1 Å². The molecule has 68 valence electrons. The minimum absolute atomic E-state index is 0.403. The monoisotopic (exact) mass is 238 g/mol. The molecule has 1 aliphatic carbocycles. The Morgan fingerprint density at radius 3 is 3.00 bits per heavy atom. The molecule has 2 heterocycles. The fourth-order valence-electron chi connectivity index (χ4n) is 2.41. The summed E-state index contributed by atoms with van der Waals surface area (Å²) in [6.45, 7) is 2.30. The summed E-state index contributed by atoms with van der Waals surface area (Å²) >= 11 is 3.41. The molecule has 2 atom stereocenters. The van der Waals surface area contributed by atoms with Gasteiger partial charge in [-0.2, -0.15) is 0 Å². The average Bonchev–Trinajstić information content (AvgIpc) is 2.71. The van der Waals surface area contributed by atoms with E-state index >= 15 is 0 Å². The number of aromatic nitrogens is 1. The van der Waals surface area contributed by atoms with Gasteiger partial charge in [0.2, 0.25) is 0 Å². The Kier molecular flexibility index (Phi) is 1.56. The van der Waals surface area contributed by atoms with E-state index in [4.69, 9.17) is 0 Å². The first kappa shape index (κ1) is 7.94. The fourth-order valence-corrected chi connectivity index (χ4v) is 2.64. The second-order valence-electron chi connectivity index (χ2n) is 4.05. The molecule has 1 aliphatic heterocycles. The minimum Gasteiger partial charge on any atom is -0.315 e. The van der Waals surface area contributed by atoms with Crippen LogP contribution in [0, 0.1) is 5.92 Å². The largest absolute Gasteiger partial charge is 0.315 e. The molecule has 1 N–H and O–H groups in total. The topological polar surface area (TPSA) is 24.9 Å². The maximum atomic E-state index is 4.49. The van der Waals surface area contributed by atoms with Crippen LogP contribution in [0.3, 0.4) is 0 Å². The Morgan fingerprint density at radius 2 is 2.46 bits per heavy atom. The van der Waals surface area contributed by atoms with E-state index in [1.807, 2.05) is 6.20 Å². The average molecular weight is 239 g/mol.